The van der Waals surface area contributed by atoms with Gasteiger partial charge in [0, 0.05) is 54.5 Å². The first-order chi connectivity index (χ1) is 31.9. The Bertz CT molecular complexity index is 2580. The van der Waals surface area contributed by atoms with Crippen molar-refractivity contribution in [3.63, 3.8) is 0 Å². The first kappa shape index (κ1) is 48.4. The number of aliphatic hydroxyl groups excluding tert-OH is 1. The lowest BCUT2D eigenvalue weighted by molar-refractivity contribution is -0.142. The van der Waals surface area contributed by atoms with Crippen LogP contribution in [0.15, 0.2) is 58.8 Å². The average Bonchev–Trinajstić information content (AvgIpc) is 3.51. The average molecular weight is 961 g/mol. The molecule has 2 aromatic carbocycles. The Hall–Kier alpha value is -5.08. The Morgan fingerprint density at radius 1 is 1.01 bits per heavy atom. The van der Waals surface area contributed by atoms with E-state index >= 15 is 4.79 Å². The van der Waals surface area contributed by atoms with Crippen LogP contribution in [0.4, 0.5) is 9.93 Å². The largest absolute Gasteiger partial charge is 0.497 e. The van der Waals surface area contributed by atoms with Crippen LogP contribution in [0.5, 0.6) is 11.5 Å². The number of amides is 4. The number of nitrogens with zero attached hydrogens (tertiary/aromatic N) is 4. The highest BCUT2D eigenvalue weighted by Crippen LogP contribution is 2.49. The highest BCUT2D eigenvalue weighted by Gasteiger charge is 2.60. The molecule has 17 nitrogen and oxygen atoms in total. The van der Waals surface area contributed by atoms with Gasteiger partial charge in [0.15, 0.2) is 11.4 Å². The molecule has 3 fully saturated rings. The molecule has 0 bridgehead atoms. The molecule has 6 atom stereocenters. The van der Waals surface area contributed by atoms with Gasteiger partial charge in [0.25, 0.3) is 0 Å². The second kappa shape index (κ2) is 19.5. The molecule has 1 saturated carbocycles. The van der Waals surface area contributed by atoms with E-state index in [9.17, 15) is 28.2 Å². The smallest absolute Gasteiger partial charge is 0.315 e. The van der Waals surface area contributed by atoms with E-state index in [0.717, 1.165) is 37.2 Å². The highest BCUT2D eigenvalue weighted by atomic mass is 32.2. The number of carbonyl (C=O) groups excluding carboxylic acids is 3. The number of urea groups is 1. The Labute approximate surface area is 396 Å². The minimum Gasteiger partial charge on any atom is -0.497 e. The summed E-state index contributed by atoms with van der Waals surface area (Å²) in [5.74, 6) is -0.0852. The maximum atomic E-state index is 15.0. The lowest BCUT2D eigenvalue weighted by Gasteiger charge is -2.35. The maximum Gasteiger partial charge on any atom is 0.315 e. The van der Waals surface area contributed by atoms with Crippen LogP contribution in [0.1, 0.15) is 98.0 Å². The molecule has 362 valence electrons. The molecule has 2 unspecified atom stereocenters. The molecule has 8 rings (SSSR count). The lowest BCUT2D eigenvalue weighted by atomic mass is 9.86. The first-order valence-electron chi connectivity index (χ1n) is 23.4. The molecule has 0 radical (unpaired) electrons. The van der Waals surface area contributed by atoms with Crippen LogP contribution in [0.2, 0.25) is 0 Å². The maximum absolute atomic E-state index is 15.0. The van der Waals surface area contributed by atoms with E-state index in [-0.39, 0.29) is 42.9 Å². The lowest BCUT2D eigenvalue weighted by Crippen LogP contribution is -2.59. The number of aromatic nitrogens is 2. The van der Waals surface area contributed by atoms with Crippen LogP contribution in [0.3, 0.4) is 0 Å². The van der Waals surface area contributed by atoms with Gasteiger partial charge in [-0.1, -0.05) is 71.1 Å². The number of methoxy groups -OCH3 is 1. The summed E-state index contributed by atoms with van der Waals surface area (Å²) in [6, 6.07) is 10.9. The molecule has 5 heterocycles. The summed E-state index contributed by atoms with van der Waals surface area (Å²) in [5, 5.41) is 36.9. The van der Waals surface area contributed by atoms with E-state index in [1.807, 2.05) is 46.1 Å². The zero-order valence-electron chi connectivity index (χ0n) is 39.1. The van der Waals surface area contributed by atoms with Gasteiger partial charge in [-0.15, -0.1) is 11.3 Å². The van der Waals surface area contributed by atoms with Gasteiger partial charge >= 0.3 is 6.03 Å². The normalized spacial score (nSPS) is 25.1. The molecule has 4 aromatic rings. The van der Waals surface area contributed by atoms with Crippen molar-refractivity contribution in [1.29, 1.82) is 0 Å². The first-order valence-corrected chi connectivity index (χ1v) is 25.7. The number of aliphatic hydroxyl groups is 2. The van der Waals surface area contributed by atoms with Crippen LogP contribution >= 0.6 is 11.3 Å². The predicted octanol–water partition coefficient (Wildman–Crippen LogP) is 5.75. The number of anilines is 1. The summed E-state index contributed by atoms with van der Waals surface area (Å²) in [4.78, 5) is 55.1. The molecule has 2 saturated heterocycles. The second-order valence-electron chi connectivity index (χ2n) is 19.9. The van der Waals surface area contributed by atoms with E-state index in [0.29, 0.717) is 58.6 Å². The summed E-state index contributed by atoms with van der Waals surface area (Å²) in [5.41, 5.74) is 0.652. The number of thiazole rings is 1. The number of hydrogen-bond donors (Lipinski definition) is 6. The fraction of sp³-hybridized carbons (Fsp3) is 0.562. The summed E-state index contributed by atoms with van der Waals surface area (Å²) in [6.07, 6.45) is 3.04. The van der Waals surface area contributed by atoms with Gasteiger partial charge < -0.3 is 45.9 Å². The number of sulfonamides is 1. The number of hydrogen-bond acceptors (Lipinski definition) is 13. The minimum absolute atomic E-state index is 0.00996. The van der Waals surface area contributed by atoms with E-state index in [2.05, 4.69) is 21.3 Å². The Kier molecular flexibility index (Phi) is 14.1. The van der Waals surface area contributed by atoms with Crippen molar-refractivity contribution < 1.29 is 42.5 Å². The minimum atomic E-state index is -3.79. The Balaban J connectivity index is 1.08. The van der Waals surface area contributed by atoms with E-state index in [4.69, 9.17) is 19.4 Å². The zero-order chi connectivity index (χ0) is 47.8. The third-order valence-corrected chi connectivity index (χ3v) is 16.3. The van der Waals surface area contributed by atoms with Crippen molar-refractivity contribution >= 4 is 55.2 Å². The van der Waals surface area contributed by atoms with Crippen LogP contribution in [0.25, 0.3) is 22.3 Å². The predicted molar refractivity (Wildman–Crippen MR) is 255 cm³/mol. The third kappa shape index (κ3) is 10.5. The fourth-order valence-electron chi connectivity index (χ4n) is 9.63. The zero-order valence-corrected chi connectivity index (χ0v) is 40.7. The molecular weight excluding hydrogens is 897 g/mol. The molecule has 4 aliphatic rings. The van der Waals surface area contributed by atoms with Crippen LogP contribution in [-0.2, 0) is 26.2 Å². The van der Waals surface area contributed by atoms with Crippen molar-refractivity contribution in [3.8, 4) is 22.9 Å². The number of benzene rings is 2. The number of ether oxygens (including phenoxy) is 2. The fourth-order valence-corrected chi connectivity index (χ4v) is 12.1. The summed E-state index contributed by atoms with van der Waals surface area (Å²) in [7, 11) is -2.21. The molecule has 19 heteroatoms. The van der Waals surface area contributed by atoms with Crippen molar-refractivity contribution in [3.05, 3.63) is 59.5 Å². The van der Waals surface area contributed by atoms with Gasteiger partial charge in [0.05, 0.1) is 35.3 Å². The van der Waals surface area contributed by atoms with Gasteiger partial charge in [0.1, 0.15) is 35.4 Å². The van der Waals surface area contributed by atoms with Crippen molar-refractivity contribution in [2.75, 3.05) is 25.5 Å². The van der Waals surface area contributed by atoms with E-state index in [1.165, 1.54) is 20.5 Å². The molecule has 1 aliphatic carbocycles. The summed E-state index contributed by atoms with van der Waals surface area (Å²) < 4.78 is 40.9. The Morgan fingerprint density at radius 3 is 2.48 bits per heavy atom. The quantitative estimate of drug-likeness (QED) is 0.0989. The van der Waals surface area contributed by atoms with Crippen molar-refractivity contribution in [2.24, 2.45) is 11.3 Å². The highest BCUT2D eigenvalue weighted by molar-refractivity contribution is 7.89. The van der Waals surface area contributed by atoms with Gasteiger partial charge in [-0.05, 0) is 68.2 Å². The molecule has 6 N–H and O–H groups in total. The van der Waals surface area contributed by atoms with E-state index < -0.39 is 69.3 Å². The molecule has 67 heavy (non-hydrogen) atoms. The summed E-state index contributed by atoms with van der Waals surface area (Å²) in [6.45, 7) is 9.99. The second-order valence-corrected chi connectivity index (χ2v) is 22.6. The topological polar surface area (TPSA) is 225 Å². The number of carbonyl (C=O) groups is 3. The van der Waals surface area contributed by atoms with Gasteiger partial charge in [0.2, 0.25) is 21.8 Å². The van der Waals surface area contributed by atoms with Crippen molar-refractivity contribution in [1.82, 2.24) is 35.1 Å². The Morgan fingerprint density at radius 2 is 1.76 bits per heavy atom. The molecular formula is C48H64N8O9S2. The number of nitrogens with one attached hydrogen (secondary N) is 4. The van der Waals surface area contributed by atoms with Gasteiger partial charge in [-0.2, -0.15) is 4.31 Å². The SMILES string of the molecule is COc1ccc2c(O[C@@H]3C[C@H]4C(=O)N[C@]5(C(O)O)CC5CCCCCCC[C@H](NC(=O)NC(CN5Cc6ccccc6S5(=O)=O)C(C)(C)C)C(=O)N4C3)cc(-c3csc(NC(C)C)n3)nc2c1. The number of pyridine rings is 1. The van der Waals surface area contributed by atoms with Crippen molar-refractivity contribution in [2.45, 2.75) is 146 Å². The van der Waals surface area contributed by atoms with Crippen LogP contribution in [-0.4, -0.2) is 118 Å². The van der Waals surface area contributed by atoms with Crippen LogP contribution < -0.4 is 30.7 Å². The van der Waals surface area contributed by atoms with Crippen LogP contribution in [0, 0.1) is 11.3 Å². The van der Waals surface area contributed by atoms with Gasteiger partial charge in [-0.3, -0.25) is 9.59 Å². The van der Waals surface area contributed by atoms with Gasteiger partial charge in [-0.25, -0.2) is 23.2 Å². The van der Waals surface area contributed by atoms with E-state index in [1.54, 1.807) is 49.6 Å². The molecule has 2 aromatic heterocycles. The number of rotatable bonds is 11. The number of fused-ring (bicyclic) bond motifs is 4. The molecule has 3 aliphatic heterocycles. The summed E-state index contributed by atoms with van der Waals surface area (Å²) >= 11 is 1.46. The standard InChI is InChI=1S/C48H64N8O9S2/c1-28(2)49-46-52-37(27-66-46)36-22-39(33-19-18-31(64-6)20-35(33)50-36)65-32-21-38-42(57)54-48(44(59)60)23-30(48)15-10-8-7-9-11-16-34(43(58)56(38)25-32)51-45(61)53-41(47(3,4)5)26-55-24-29-14-12-13-17-40(29)67(55,62)63/h12-14,17-20,22,27-28,30,32,34,38,41,44,59-60H,7-11,15-16,21,23-26H2,1-6H3,(H,49,52)(H,54,57)(H2,51,53,61)/t30?,32-,34+,38+,41?,48-/m1/s1. The third-order valence-electron chi connectivity index (χ3n) is 13.6. The molecule has 4 amide bonds. The monoisotopic (exact) mass is 960 g/mol. The molecule has 0 spiro atoms.